The van der Waals surface area contributed by atoms with Gasteiger partial charge in [-0.05, 0) is 55.7 Å². The van der Waals surface area contributed by atoms with Gasteiger partial charge in [-0.1, -0.05) is 19.1 Å². The highest BCUT2D eigenvalue weighted by Crippen LogP contribution is 2.18. The second-order valence-electron chi connectivity index (χ2n) is 8.22. The van der Waals surface area contributed by atoms with E-state index in [-0.39, 0.29) is 17.6 Å². The summed E-state index contributed by atoms with van der Waals surface area (Å²) < 4.78 is 21.8. The first-order chi connectivity index (χ1) is 16.0. The predicted octanol–water partition coefficient (Wildman–Crippen LogP) is 4.95. The average molecular weight is 453 g/mol. The van der Waals surface area contributed by atoms with Crippen molar-refractivity contribution >= 4 is 17.6 Å². The highest BCUT2D eigenvalue weighted by Gasteiger charge is 2.22. The molecule has 8 heteroatoms. The Morgan fingerprint density at radius 3 is 2.64 bits per heavy atom. The molecule has 3 heterocycles. The largest absolute Gasteiger partial charge is 0.454 e. The molecule has 0 aliphatic carbocycles. The van der Waals surface area contributed by atoms with Gasteiger partial charge in [0.15, 0.2) is 5.76 Å². The van der Waals surface area contributed by atoms with Gasteiger partial charge in [0.05, 0.1) is 18.8 Å². The molecule has 3 amide bonds. The van der Waals surface area contributed by atoms with E-state index in [1.807, 2.05) is 40.8 Å². The van der Waals surface area contributed by atoms with Gasteiger partial charge in [-0.25, -0.2) is 9.18 Å². The molecule has 1 aliphatic rings. The standard InChI is InChI=1S/C25H29FN4O3/c1-2-13-30(25(32)27-22-10-4-3-9-21(22)26)17-19-8-7-16-29(19)18-20-11-12-23(33-20)24(31)28-14-5-6-15-28/h3-4,7-12,16H,2,5-6,13-15,17-18H2,1H3,(H,27,32). The van der Waals surface area contributed by atoms with Crippen LogP contribution in [-0.2, 0) is 13.1 Å². The highest BCUT2D eigenvalue weighted by atomic mass is 19.1. The number of halogens is 1. The molecule has 0 radical (unpaired) electrons. The average Bonchev–Trinajstić information content (AvgIpc) is 3.58. The second-order valence-corrected chi connectivity index (χ2v) is 8.22. The number of hydrogen-bond acceptors (Lipinski definition) is 3. The first-order valence-electron chi connectivity index (χ1n) is 11.4. The Hall–Kier alpha value is -3.55. The molecule has 1 fully saturated rings. The van der Waals surface area contributed by atoms with Crippen molar-refractivity contribution in [1.82, 2.24) is 14.4 Å². The summed E-state index contributed by atoms with van der Waals surface area (Å²) in [5.74, 6) is 0.499. The zero-order valence-corrected chi connectivity index (χ0v) is 18.8. The lowest BCUT2D eigenvalue weighted by atomic mass is 10.3. The summed E-state index contributed by atoms with van der Waals surface area (Å²) in [5.41, 5.74) is 1.07. The van der Waals surface area contributed by atoms with Crippen molar-refractivity contribution < 1.29 is 18.4 Å². The first kappa shape index (κ1) is 22.6. The van der Waals surface area contributed by atoms with Gasteiger partial charge in [-0.2, -0.15) is 0 Å². The summed E-state index contributed by atoms with van der Waals surface area (Å²) in [5, 5.41) is 2.66. The Bertz CT molecular complexity index is 1100. The van der Waals surface area contributed by atoms with Gasteiger partial charge in [0.1, 0.15) is 11.6 Å². The van der Waals surface area contributed by atoms with Crippen molar-refractivity contribution in [1.29, 1.82) is 0 Å². The van der Waals surface area contributed by atoms with Gasteiger partial charge in [-0.15, -0.1) is 0 Å². The third-order valence-electron chi connectivity index (χ3n) is 5.76. The Morgan fingerprint density at radius 2 is 1.88 bits per heavy atom. The maximum absolute atomic E-state index is 14.0. The summed E-state index contributed by atoms with van der Waals surface area (Å²) in [4.78, 5) is 28.9. The van der Waals surface area contributed by atoms with Gasteiger partial charge in [0.2, 0.25) is 0 Å². The molecule has 7 nitrogen and oxygen atoms in total. The van der Waals surface area contributed by atoms with Crippen LogP contribution in [0.5, 0.6) is 0 Å². The van der Waals surface area contributed by atoms with Crippen molar-refractivity contribution in [3.8, 4) is 0 Å². The van der Waals surface area contributed by atoms with Crippen LogP contribution in [0.3, 0.4) is 0 Å². The number of furan rings is 1. The molecule has 33 heavy (non-hydrogen) atoms. The number of amides is 3. The fraction of sp³-hybridized carbons (Fsp3) is 0.360. The summed E-state index contributed by atoms with van der Waals surface area (Å²) >= 11 is 0. The lowest BCUT2D eigenvalue weighted by molar-refractivity contribution is 0.0759. The topological polar surface area (TPSA) is 70.7 Å². The van der Waals surface area contributed by atoms with Crippen LogP contribution in [0, 0.1) is 5.82 Å². The molecule has 0 saturated carbocycles. The summed E-state index contributed by atoms with van der Waals surface area (Å²) in [7, 11) is 0. The van der Waals surface area contributed by atoms with Crippen LogP contribution in [0.4, 0.5) is 14.9 Å². The number of urea groups is 1. The fourth-order valence-electron chi connectivity index (χ4n) is 4.04. The molecule has 2 aromatic heterocycles. The second kappa shape index (κ2) is 10.4. The molecule has 0 unspecified atom stereocenters. The maximum Gasteiger partial charge on any atom is 0.322 e. The molecule has 3 aromatic rings. The summed E-state index contributed by atoms with van der Waals surface area (Å²) in [6.45, 7) is 4.88. The van der Waals surface area contributed by atoms with Crippen molar-refractivity contribution in [3.63, 3.8) is 0 Å². The van der Waals surface area contributed by atoms with E-state index in [0.29, 0.717) is 31.2 Å². The number of likely N-dealkylation sites (tertiary alicyclic amines) is 1. The van der Waals surface area contributed by atoms with Gasteiger partial charge < -0.3 is 24.1 Å². The maximum atomic E-state index is 14.0. The predicted molar refractivity (Wildman–Crippen MR) is 123 cm³/mol. The normalized spacial score (nSPS) is 13.3. The van der Waals surface area contributed by atoms with E-state index in [1.54, 1.807) is 23.1 Å². The molecule has 174 valence electrons. The van der Waals surface area contributed by atoms with Gasteiger partial charge in [-0.3, -0.25) is 4.79 Å². The monoisotopic (exact) mass is 452 g/mol. The van der Waals surface area contributed by atoms with Crippen LogP contribution in [0.1, 0.15) is 48.2 Å². The molecule has 0 spiro atoms. The first-order valence-corrected chi connectivity index (χ1v) is 11.4. The smallest absolute Gasteiger partial charge is 0.322 e. The van der Waals surface area contributed by atoms with E-state index in [0.717, 1.165) is 38.0 Å². The highest BCUT2D eigenvalue weighted by molar-refractivity contribution is 5.91. The number of aromatic nitrogens is 1. The molecule has 4 rings (SSSR count). The number of anilines is 1. The SMILES string of the molecule is CCCN(Cc1cccn1Cc1ccc(C(=O)N2CCCC2)o1)C(=O)Nc1ccccc1F. The van der Waals surface area contributed by atoms with Crippen LogP contribution >= 0.6 is 0 Å². The van der Waals surface area contributed by atoms with Crippen LogP contribution in [-0.4, -0.2) is 45.9 Å². The third kappa shape index (κ3) is 5.45. The number of nitrogens with one attached hydrogen (secondary N) is 1. The van der Waals surface area contributed by atoms with Gasteiger partial charge >= 0.3 is 6.03 Å². The Morgan fingerprint density at radius 1 is 1.09 bits per heavy atom. The number of nitrogens with zero attached hydrogens (tertiary/aromatic N) is 3. The molecular formula is C25H29FN4O3. The fourth-order valence-corrected chi connectivity index (χ4v) is 4.04. The Labute approximate surface area is 192 Å². The van der Waals surface area contributed by atoms with Crippen LogP contribution in [0.15, 0.2) is 59.1 Å². The van der Waals surface area contributed by atoms with E-state index in [4.69, 9.17) is 4.42 Å². The minimum Gasteiger partial charge on any atom is -0.454 e. The molecule has 1 N–H and O–H groups in total. The Kier molecular flexibility index (Phi) is 7.12. The number of carbonyl (C=O) groups is 2. The molecule has 1 aromatic carbocycles. The van der Waals surface area contributed by atoms with Crippen molar-refractivity contribution in [3.05, 3.63) is 77.8 Å². The van der Waals surface area contributed by atoms with Crippen LogP contribution < -0.4 is 5.32 Å². The van der Waals surface area contributed by atoms with E-state index >= 15 is 0 Å². The quantitative estimate of drug-likeness (QED) is 0.526. The summed E-state index contributed by atoms with van der Waals surface area (Å²) in [6.07, 6.45) is 4.75. The minimum atomic E-state index is -0.470. The van der Waals surface area contributed by atoms with Crippen LogP contribution in [0.2, 0.25) is 0 Å². The third-order valence-corrected chi connectivity index (χ3v) is 5.76. The minimum absolute atomic E-state index is 0.0644. The van der Waals surface area contributed by atoms with E-state index in [1.165, 1.54) is 12.1 Å². The van der Waals surface area contributed by atoms with Crippen molar-refractivity contribution in [2.24, 2.45) is 0 Å². The van der Waals surface area contributed by atoms with E-state index in [2.05, 4.69) is 5.32 Å². The van der Waals surface area contributed by atoms with Crippen molar-refractivity contribution in [2.45, 2.75) is 39.3 Å². The zero-order chi connectivity index (χ0) is 23.2. The molecular weight excluding hydrogens is 423 g/mol. The number of benzene rings is 1. The summed E-state index contributed by atoms with van der Waals surface area (Å²) in [6, 6.07) is 13.2. The Balaban J connectivity index is 1.43. The number of hydrogen-bond donors (Lipinski definition) is 1. The molecule has 1 aliphatic heterocycles. The molecule has 0 atom stereocenters. The number of rotatable bonds is 8. The van der Waals surface area contributed by atoms with Gasteiger partial charge in [0, 0.05) is 31.5 Å². The number of para-hydroxylation sites is 1. The number of carbonyl (C=O) groups excluding carboxylic acids is 2. The van der Waals surface area contributed by atoms with Gasteiger partial charge in [0.25, 0.3) is 5.91 Å². The van der Waals surface area contributed by atoms with E-state index < -0.39 is 5.82 Å². The zero-order valence-electron chi connectivity index (χ0n) is 18.8. The molecule has 1 saturated heterocycles. The lowest BCUT2D eigenvalue weighted by Crippen LogP contribution is -2.36. The lowest BCUT2D eigenvalue weighted by Gasteiger charge is -2.23. The van der Waals surface area contributed by atoms with E-state index in [9.17, 15) is 14.0 Å². The molecule has 0 bridgehead atoms. The van der Waals surface area contributed by atoms with Crippen LogP contribution in [0.25, 0.3) is 0 Å². The van der Waals surface area contributed by atoms with Crippen molar-refractivity contribution in [2.75, 3.05) is 25.0 Å².